The van der Waals surface area contributed by atoms with E-state index in [4.69, 9.17) is 96.1 Å². The summed E-state index contributed by atoms with van der Waals surface area (Å²) in [5.41, 5.74) is 3.54. The minimum atomic E-state index is -3.40. The van der Waals surface area contributed by atoms with Gasteiger partial charge in [0.05, 0.1) is 170 Å². The minimum Gasteiger partial charge on any atom is -0.481 e. The number of carboxylic acid groups (broad SMARTS) is 1. The van der Waals surface area contributed by atoms with Crippen molar-refractivity contribution in [2.24, 2.45) is 5.73 Å². The third-order valence-electron chi connectivity index (χ3n) is 17.6. The first-order valence-electron chi connectivity index (χ1n) is 39.9. The Balaban J connectivity index is -0.000000657. The van der Waals surface area contributed by atoms with Crippen molar-refractivity contribution in [3.05, 3.63) is 85.1 Å². The lowest BCUT2D eigenvalue weighted by Crippen LogP contribution is -2.53. The van der Waals surface area contributed by atoms with Crippen molar-refractivity contribution in [2.75, 3.05) is 212 Å². The van der Waals surface area contributed by atoms with Crippen LogP contribution in [0.2, 0.25) is 0 Å². The van der Waals surface area contributed by atoms with E-state index in [1.807, 2.05) is 92.2 Å². The van der Waals surface area contributed by atoms with Gasteiger partial charge in [-0.25, -0.2) is 4.79 Å². The molecule has 119 heavy (non-hydrogen) atoms. The molecule has 0 aromatic rings. The molecule has 0 aromatic heterocycles. The zero-order valence-electron chi connectivity index (χ0n) is 76.1. The summed E-state index contributed by atoms with van der Waals surface area (Å²) < 4.78 is 121. The molecule has 37 heteroatoms. The number of likely N-dealkylation sites (N-methyl/N-ethyl adjacent to an activating group) is 5. The molecule has 9 unspecified atom stereocenters. The maximum Gasteiger partial charge on any atom is 0.413 e. The normalized spacial score (nSPS) is 21.1. The lowest BCUT2D eigenvalue weighted by atomic mass is 10.1. The second-order valence-electron chi connectivity index (χ2n) is 28.9. The van der Waals surface area contributed by atoms with Crippen LogP contribution in [0.3, 0.4) is 0 Å². The van der Waals surface area contributed by atoms with Gasteiger partial charge in [0.2, 0.25) is 0 Å². The highest BCUT2D eigenvalue weighted by Crippen LogP contribution is 2.31. The summed E-state index contributed by atoms with van der Waals surface area (Å²) in [6, 6.07) is -0.118. The Kier molecular flexibility index (Phi) is 76.1. The van der Waals surface area contributed by atoms with Crippen molar-refractivity contribution in [3.63, 3.8) is 0 Å². The molecule has 0 aromatic carbocycles. The van der Waals surface area contributed by atoms with Crippen molar-refractivity contribution in [2.45, 2.75) is 214 Å². The van der Waals surface area contributed by atoms with Gasteiger partial charge < -0.3 is 138 Å². The van der Waals surface area contributed by atoms with Crippen LogP contribution in [0.15, 0.2) is 85.1 Å². The number of nitrogens with one attached hydrogen (secondary N) is 6. The molecule has 0 spiro atoms. The fourth-order valence-electron chi connectivity index (χ4n) is 11.3. The number of aliphatic carboxylic acids is 1. The number of nitrogens with two attached hydrogens (primary N) is 1. The second kappa shape index (κ2) is 74.9. The largest absolute Gasteiger partial charge is 0.481 e. The highest BCUT2D eigenvalue weighted by molar-refractivity contribution is 7.86. The number of rotatable bonds is 50. The second-order valence-corrected chi connectivity index (χ2v) is 30.6. The summed E-state index contributed by atoms with van der Waals surface area (Å²) in [6.07, 6.45) is 31.0. The van der Waals surface area contributed by atoms with E-state index in [1.165, 1.54) is 4.90 Å². The van der Waals surface area contributed by atoms with Crippen molar-refractivity contribution >= 4 is 36.9 Å². The molecule has 0 bridgehead atoms. The van der Waals surface area contributed by atoms with Crippen LogP contribution in [0.1, 0.15) is 99.8 Å². The molecule has 11 N–H and O–H groups in total. The smallest absolute Gasteiger partial charge is 0.413 e. The van der Waals surface area contributed by atoms with Gasteiger partial charge >= 0.3 is 12.1 Å². The summed E-state index contributed by atoms with van der Waals surface area (Å²) >= 11 is 0. The van der Waals surface area contributed by atoms with Crippen LogP contribution < -0.4 is 37.6 Å². The Morgan fingerprint density at radius 2 is 0.916 bits per heavy atom. The highest BCUT2D eigenvalue weighted by atomic mass is 32.2. The fourth-order valence-corrected chi connectivity index (χ4v) is 11.7. The maximum absolute atomic E-state index is 12.6. The third-order valence-corrected chi connectivity index (χ3v) is 18.2. The minimum absolute atomic E-state index is 0. The Bertz CT molecular complexity index is 2770. The van der Waals surface area contributed by atoms with E-state index < -0.39 is 51.8 Å². The number of hydrogen-bond donors (Lipinski definition) is 10. The molecular formula is C82H158BN8O27S. The van der Waals surface area contributed by atoms with E-state index in [-0.39, 0.29) is 113 Å². The molecule has 0 saturated carbocycles. The standard InChI is InChI=1S/C19H33NO6.C14H25NO4.C10H21NO5S.C10H19NO4.C10H21NO3.C10H19NO3.C9H20N2O2.B/c1-18(2,3)26-17(22)20-14(13-25-19(20,4)5)15(21)9-8-12-24-16-10-6-7-11-23-16;1-14(2)15-11(10-19-14)12(16)6-5-9-18-13-7-3-4-8-17-13;1-11-9(8-14-2)10(15-3)6-5-7-16-17(4,12)13;1-11-8(7-14-2)9(15-3)5-4-6-10(12)13;1-11-9(8-13-3)10(14-4)6-5-7-12-2;1-11-9(8-13-2)10(14-3)6-4-5-7-12;1-11-8(7-12-2)9(13-3)5-4-6-10;/h8-9,14-16,21H,6-7,10-13H2,1-5H3;5-6,11-13,15-16H,3-4,7-10H2,1-2H3;5-6,9-11H,7-8H2,1-4H3;4-5,8-9,11H,6-7H2,1-3H3,(H,12,13);5-6,9-11H,7-8H2,1-4H3;4,6-7,9-11H,5,8H2,1-3H3;4-5,8-9,11H,6-7,10H2,1-3H3;/b9-8+;2*6-5+;5-4+;6-5+;6-4+;5-4+;/t14?,15-,16?;11?,12-,13?;9?,10-;8?,9-;2*9?,10-;8?,9-;/m1111111./s1. The zero-order valence-corrected chi connectivity index (χ0v) is 76.9. The average Bonchev–Trinajstić information content (AvgIpc) is 1.64. The predicted molar refractivity (Wildman–Crippen MR) is 462 cm³/mol. The van der Waals surface area contributed by atoms with E-state index in [1.54, 1.807) is 155 Å². The van der Waals surface area contributed by atoms with Crippen LogP contribution in [0, 0.1) is 0 Å². The van der Waals surface area contributed by atoms with Gasteiger partial charge in [-0.3, -0.25) is 19.2 Å². The van der Waals surface area contributed by atoms with Crippen LogP contribution in [0.4, 0.5) is 4.79 Å². The van der Waals surface area contributed by atoms with Gasteiger partial charge in [-0.1, -0.05) is 85.1 Å². The number of hydrogen-bond acceptors (Lipinski definition) is 33. The van der Waals surface area contributed by atoms with Crippen LogP contribution in [0.25, 0.3) is 0 Å². The SMILES string of the molecule is CC(C)(C)OC(=O)N1C([C@H](O)/C=C/COC2CCCCO2)COC1(C)C.CC1(C)NC([C@H](O)/C=C/COC2CCCCO2)CO1.CNC(COC)[C@@H](/C=C/CC(=O)O)OC.CNC(COC)[C@@H](/C=C/CC=O)OC.CNC(COC)[C@@H](/C=C/CN)OC.CNC(COC)[C@@H](/C=C/COC)OC.CNC(COC)[C@@H](/C=C/COS(C)(=O)=O)OC.[B]. The number of methoxy groups -OCH3 is 11. The highest BCUT2D eigenvalue weighted by Gasteiger charge is 2.48. The number of carboxylic acids is 1. The summed E-state index contributed by atoms with van der Waals surface area (Å²) in [5.74, 6) is -0.853. The number of nitrogens with zero attached hydrogens (tertiary/aromatic N) is 1. The molecule has 3 radical (unpaired) electrons. The van der Waals surface area contributed by atoms with Crippen molar-refractivity contribution in [1.29, 1.82) is 0 Å². The molecule has 16 atom stereocenters. The molecule has 4 aliphatic rings. The molecule has 1 amide bonds. The van der Waals surface area contributed by atoms with Crippen LogP contribution >= 0.6 is 0 Å². The van der Waals surface area contributed by atoms with Gasteiger partial charge in [0.15, 0.2) is 12.6 Å². The average molecular weight is 1730 g/mol. The number of allylic oxidation sites excluding steroid dienone is 1. The number of ether oxygens (including phenoxy) is 18. The number of amides is 1. The van der Waals surface area contributed by atoms with Crippen LogP contribution in [-0.4, -0.2) is 382 Å². The van der Waals surface area contributed by atoms with Crippen molar-refractivity contribution in [3.8, 4) is 0 Å². The maximum atomic E-state index is 12.6. The number of carbonyl (C=O) groups is 3. The van der Waals surface area contributed by atoms with Crippen LogP contribution in [0.5, 0.6) is 0 Å². The number of carbonyl (C=O) groups excluding carboxylic acids is 2. The summed E-state index contributed by atoms with van der Waals surface area (Å²) in [7, 11) is 23.8. The lowest BCUT2D eigenvalue weighted by Gasteiger charge is -2.36. The first kappa shape index (κ1) is 121. The Morgan fingerprint density at radius 3 is 1.24 bits per heavy atom. The fraction of sp³-hybridized carbons (Fsp3) is 0.793. The van der Waals surface area contributed by atoms with Crippen LogP contribution in [-0.2, 0) is 109 Å². The summed E-state index contributed by atoms with van der Waals surface area (Å²) in [6.45, 7) is 19.9. The number of aliphatic hydroxyl groups is 2. The molecule has 35 nitrogen and oxygen atoms in total. The monoisotopic (exact) mass is 1730 g/mol. The molecule has 4 aliphatic heterocycles. The van der Waals surface area contributed by atoms with E-state index in [2.05, 4.69) is 36.1 Å². The van der Waals surface area contributed by atoms with E-state index in [0.717, 1.165) is 64.3 Å². The van der Waals surface area contributed by atoms with Gasteiger partial charge in [0.1, 0.15) is 23.3 Å². The van der Waals surface area contributed by atoms with E-state index >= 15 is 0 Å². The Labute approximate surface area is 715 Å². The summed E-state index contributed by atoms with van der Waals surface area (Å²) in [4.78, 5) is 34.5. The van der Waals surface area contributed by atoms with Gasteiger partial charge in [-0.2, -0.15) is 8.42 Å². The predicted octanol–water partition coefficient (Wildman–Crippen LogP) is 4.21. The molecule has 0 aliphatic carbocycles. The molecule has 4 heterocycles. The topological polar surface area (TPSA) is 423 Å². The number of aliphatic hydroxyl groups excluding tert-OH is 2. The molecule has 4 rings (SSSR count). The molecular weight excluding hydrogens is 1570 g/mol. The van der Waals surface area contributed by atoms with Gasteiger partial charge in [-0.15, -0.1) is 0 Å². The van der Waals surface area contributed by atoms with Gasteiger partial charge in [0.25, 0.3) is 10.1 Å². The van der Waals surface area contributed by atoms with E-state index in [9.17, 15) is 33.0 Å². The van der Waals surface area contributed by atoms with Crippen molar-refractivity contribution in [1.82, 2.24) is 36.8 Å². The first-order chi connectivity index (χ1) is 56.1. The molecule has 697 valence electrons. The van der Waals surface area contributed by atoms with E-state index in [0.29, 0.717) is 72.4 Å². The first-order valence-corrected chi connectivity index (χ1v) is 41.7. The van der Waals surface area contributed by atoms with Crippen molar-refractivity contribution < 1.29 is 128 Å². The van der Waals surface area contributed by atoms with Gasteiger partial charge in [-0.05, 0) is 122 Å². The Hall–Kier alpha value is -4.48. The lowest BCUT2D eigenvalue weighted by molar-refractivity contribution is -0.155. The number of aldehydes is 1. The molecule has 4 saturated heterocycles. The zero-order chi connectivity index (χ0) is 89.8. The van der Waals surface area contributed by atoms with Gasteiger partial charge in [0, 0.05) is 113 Å². The Morgan fingerprint density at radius 1 is 0.538 bits per heavy atom. The summed E-state index contributed by atoms with van der Waals surface area (Å²) in [5, 5.41) is 47.7. The third kappa shape index (κ3) is 60.7. The quantitative estimate of drug-likeness (QED) is 0.0176. The molecule has 4 fully saturated rings.